The van der Waals surface area contributed by atoms with E-state index in [2.05, 4.69) is 26.6 Å². The fraction of sp³-hybridized carbons (Fsp3) is 0.697. The summed E-state index contributed by atoms with van der Waals surface area (Å²) in [5.74, 6) is -1.65. The number of rotatable bonds is 14. The van der Waals surface area contributed by atoms with Gasteiger partial charge in [-0.1, -0.05) is 50.0 Å². The third kappa shape index (κ3) is 12.0. The summed E-state index contributed by atoms with van der Waals surface area (Å²) in [6, 6.07) is 4.87. The first-order valence-corrected chi connectivity index (χ1v) is 16.5. The van der Waals surface area contributed by atoms with E-state index in [1.54, 1.807) is 39.5 Å². The molecule has 1 aromatic rings. The number of ether oxygens (including phenoxy) is 2. The lowest BCUT2D eigenvalue weighted by molar-refractivity contribution is -0.147. The van der Waals surface area contributed by atoms with Crippen LogP contribution in [0.25, 0.3) is 0 Å². The molecule has 1 heterocycles. The van der Waals surface area contributed by atoms with Crippen molar-refractivity contribution in [3.63, 3.8) is 0 Å². The maximum absolute atomic E-state index is 13.9. The van der Waals surface area contributed by atoms with Gasteiger partial charge < -0.3 is 30.1 Å². The number of esters is 1. The van der Waals surface area contributed by atoms with E-state index in [0.29, 0.717) is 13.0 Å². The number of fused-ring (bicyclic) bond motifs is 1. The normalized spacial score (nSPS) is 17.1. The number of nitrogens with zero attached hydrogens (tertiary/aromatic N) is 1. The molecule has 0 saturated carbocycles. The Morgan fingerprint density at radius 2 is 1.82 bits per heavy atom. The number of amides is 3. The van der Waals surface area contributed by atoms with E-state index in [-0.39, 0.29) is 50.2 Å². The van der Waals surface area contributed by atoms with Crippen LogP contribution >= 0.6 is 15.9 Å². The van der Waals surface area contributed by atoms with Gasteiger partial charge in [0.2, 0.25) is 11.8 Å². The van der Waals surface area contributed by atoms with Crippen molar-refractivity contribution in [1.29, 1.82) is 0 Å². The van der Waals surface area contributed by atoms with Crippen molar-refractivity contribution in [2.45, 2.75) is 112 Å². The molecule has 0 aliphatic carbocycles. The standard InChI is InChI=1S/C33H52BrN3O7/c1-9-11-14-35-29(40)21(3)15-27(38)25(36-31(42)44-32(4,5)6)18-33(7,8)19-28(39)37-20-23(30(41)43-10-2)16-22-17-24(34)12-13-26(22)37/h12-13,17,21,23,25,27,38H,9-11,14-16,18-20H2,1-8H3,(H,35,40)(H,36,42)/t21-,23?,25+,27+/m1/s1. The average molecular weight is 683 g/mol. The van der Waals surface area contributed by atoms with Crippen molar-refractivity contribution in [3.8, 4) is 0 Å². The van der Waals surface area contributed by atoms with Gasteiger partial charge in [-0.3, -0.25) is 14.4 Å². The summed E-state index contributed by atoms with van der Waals surface area (Å²) in [6.07, 6.45) is 0.997. The van der Waals surface area contributed by atoms with Gasteiger partial charge >= 0.3 is 12.1 Å². The topological polar surface area (TPSA) is 134 Å². The second kappa shape index (κ2) is 16.6. The zero-order valence-corrected chi connectivity index (χ0v) is 29.2. The number of alkyl carbamates (subject to hydrolysis) is 1. The van der Waals surface area contributed by atoms with Crippen molar-refractivity contribution in [2.24, 2.45) is 17.3 Å². The van der Waals surface area contributed by atoms with Gasteiger partial charge in [-0.2, -0.15) is 0 Å². The third-order valence-corrected chi connectivity index (χ3v) is 8.06. The van der Waals surface area contributed by atoms with Crippen LogP contribution in [-0.4, -0.2) is 66.4 Å². The SMILES string of the molecule is CCCCNC(=O)[C@H](C)C[C@H](O)[C@H](CC(C)(C)CC(=O)N1CC(C(=O)OCC)Cc2cc(Br)ccc21)NC(=O)OC(C)(C)C. The first kappa shape index (κ1) is 37.5. The Morgan fingerprint density at radius 1 is 1.14 bits per heavy atom. The van der Waals surface area contributed by atoms with Crippen LogP contribution in [-0.2, 0) is 30.3 Å². The summed E-state index contributed by atoms with van der Waals surface area (Å²) in [6.45, 7) is 15.6. The van der Waals surface area contributed by atoms with Gasteiger partial charge in [-0.25, -0.2) is 4.79 Å². The molecule has 0 saturated heterocycles. The molecule has 1 aliphatic rings. The Balaban J connectivity index is 2.25. The van der Waals surface area contributed by atoms with Gasteiger partial charge in [-0.15, -0.1) is 0 Å². The molecule has 3 N–H and O–H groups in total. The van der Waals surface area contributed by atoms with Crippen LogP contribution < -0.4 is 15.5 Å². The molecule has 0 radical (unpaired) electrons. The lowest BCUT2D eigenvalue weighted by Gasteiger charge is -2.37. The van der Waals surface area contributed by atoms with Gasteiger partial charge in [0, 0.05) is 35.6 Å². The highest BCUT2D eigenvalue weighted by Crippen LogP contribution is 2.36. The highest BCUT2D eigenvalue weighted by molar-refractivity contribution is 9.10. The van der Waals surface area contributed by atoms with Crippen molar-refractivity contribution >= 4 is 45.5 Å². The largest absolute Gasteiger partial charge is 0.466 e. The van der Waals surface area contributed by atoms with Gasteiger partial charge in [0.25, 0.3) is 0 Å². The summed E-state index contributed by atoms with van der Waals surface area (Å²) in [4.78, 5) is 53.6. The first-order valence-electron chi connectivity index (χ1n) is 15.7. The maximum Gasteiger partial charge on any atom is 0.407 e. The van der Waals surface area contributed by atoms with Crippen LogP contribution in [0.3, 0.4) is 0 Å². The quantitative estimate of drug-likeness (QED) is 0.174. The number of hydrogen-bond donors (Lipinski definition) is 3. The number of hydrogen-bond acceptors (Lipinski definition) is 7. The van der Waals surface area contributed by atoms with E-state index >= 15 is 0 Å². The first-order chi connectivity index (χ1) is 20.5. The number of aliphatic hydroxyl groups excluding tert-OH is 1. The average Bonchev–Trinajstić information content (AvgIpc) is 2.90. The number of carbonyl (C=O) groups is 4. The predicted molar refractivity (Wildman–Crippen MR) is 174 cm³/mol. The molecular weight excluding hydrogens is 630 g/mol. The smallest absolute Gasteiger partial charge is 0.407 e. The second-order valence-electron chi connectivity index (χ2n) is 13.6. The maximum atomic E-state index is 13.9. The summed E-state index contributed by atoms with van der Waals surface area (Å²) < 4.78 is 11.6. The number of anilines is 1. The van der Waals surface area contributed by atoms with E-state index in [9.17, 15) is 24.3 Å². The monoisotopic (exact) mass is 681 g/mol. The van der Waals surface area contributed by atoms with Gasteiger partial charge in [-0.05, 0) is 82.6 Å². The van der Waals surface area contributed by atoms with E-state index in [4.69, 9.17) is 9.47 Å². The summed E-state index contributed by atoms with van der Waals surface area (Å²) in [5.41, 5.74) is 0.197. The lowest BCUT2D eigenvalue weighted by Crippen LogP contribution is -2.49. The highest BCUT2D eigenvalue weighted by atomic mass is 79.9. The Hall–Kier alpha value is -2.66. The molecule has 0 aromatic heterocycles. The molecule has 4 atom stereocenters. The van der Waals surface area contributed by atoms with Crippen LogP contribution in [0, 0.1) is 17.3 Å². The molecular formula is C33H52BrN3O7. The minimum Gasteiger partial charge on any atom is -0.466 e. The number of carbonyl (C=O) groups excluding carboxylic acids is 4. The Kier molecular flexibility index (Phi) is 14.2. The molecule has 0 fully saturated rings. The molecule has 11 heteroatoms. The van der Waals surface area contributed by atoms with Crippen molar-refractivity contribution in [3.05, 3.63) is 28.2 Å². The van der Waals surface area contributed by atoms with Crippen LogP contribution in [0.4, 0.5) is 10.5 Å². The van der Waals surface area contributed by atoms with Crippen LogP contribution in [0.2, 0.25) is 0 Å². The molecule has 1 aliphatic heterocycles. The van der Waals surface area contributed by atoms with Gasteiger partial charge in [0.1, 0.15) is 5.60 Å². The van der Waals surface area contributed by atoms with E-state index in [0.717, 1.165) is 28.6 Å². The lowest BCUT2D eigenvalue weighted by atomic mass is 9.79. The number of aliphatic hydroxyl groups is 1. The highest BCUT2D eigenvalue weighted by Gasteiger charge is 2.38. The van der Waals surface area contributed by atoms with Crippen LogP contribution in [0.1, 0.15) is 93.1 Å². The molecule has 0 bridgehead atoms. The van der Waals surface area contributed by atoms with Crippen LogP contribution in [0.15, 0.2) is 22.7 Å². The molecule has 0 spiro atoms. The van der Waals surface area contributed by atoms with Crippen molar-refractivity contribution in [1.82, 2.24) is 10.6 Å². The second-order valence-corrected chi connectivity index (χ2v) is 14.5. The van der Waals surface area contributed by atoms with Crippen LogP contribution in [0.5, 0.6) is 0 Å². The fourth-order valence-corrected chi connectivity index (χ4v) is 5.80. The number of benzene rings is 1. The summed E-state index contributed by atoms with van der Waals surface area (Å²) in [5, 5.41) is 17.0. The summed E-state index contributed by atoms with van der Waals surface area (Å²) in [7, 11) is 0. The van der Waals surface area contributed by atoms with Crippen molar-refractivity contribution in [2.75, 3.05) is 24.6 Å². The van der Waals surface area contributed by atoms with Gasteiger partial charge in [0.05, 0.1) is 24.7 Å². The zero-order chi connectivity index (χ0) is 33.2. The zero-order valence-electron chi connectivity index (χ0n) is 27.6. The molecule has 2 rings (SSSR count). The molecule has 248 valence electrons. The number of halogens is 1. The Labute approximate surface area is 271 Å². The third-order valence-electron chi connectivity index (χ3n) is 7.56. The van der Waals surface area contributed by atoms with E-state index in [1.807, 2.05) is 39.0 Å². The predicted octanol–water partition coefficient (Wildman–Crippen LogP) is 5.52. The van der Waals surface area contributed by atoms with E-state index in [1.165, 1.54) is 0 Å². The van der Waals surface area contributed by atoms with Crippen molar-refractivity contribution < 1.29 is 33.8 Å². The Morgan fingerprint density at radius 3 is 2.43 bits per heavy atom. The minimum absolute atomic E-state index is 0.0876. The van der Waals surface area contributed by atoms with Gasteiger partial charge in [0.15, 0.2) is 0 Å². The Bertz CT molecular complexity index is 1150. The van der Waals surface area contributed by atoms with E-state index < -0.39 is 41.1 Å². The molecule has 3 amide bonds. The summed E-state index contributed by atoms with van der Waals surface area (Å²) >= 11 is 3.49. The fourth-order valence-electron chi connectivity index (χ4n) is 5.39. The molecule has 10 nitrogen and oxygen atoms in total. The number of unbranched alkanes of at least 4 members (excludes halogenated alkanes) is 1. The molecule has 1 aromatic carbocycles. The molecule has 44 heavy (non-hydrogen) atoms. The minimum atomic E-state index is -1.06. The molecule has 1 unspecified atom stereocenters. The number of nitrogens with one attached hydrogen (secondary N) is 2.